The van der Waals surface area contributed by atoms with Gasteiger partial charge in [0.15, 0.2) is 0 Å². The summed E-state index contributed by atoms with van der Waals surface area (Å²) >= 11 is 1.75. The first-order chi connectivity index (χ1) is 5.20. The minimum absolute atomic E-state index is 0.648. The SMILES string of the molecule is C/C(=C/C(C)C)c1ccsc1. The maximum atomic E-state index is 2.29. The van der Waals surface area contributed by atoms with Crippen LogP contribution < -0.4 is 0 Å². The summed E-state index contributed by atoms with van der Waals surface area (Å²) in [4.78, 5) is 0. The highest BCUT2D eigenvalue weighted by atomic mass is 32.1. The molecule has 0 nitrogen and oxygen atoms in total. The van der Waals surface area contributed by atoms with Crippen LogP contribution in [0.3, 0.4) is 0 Å². The molecule has 60 valence electrons. The number of thiophene rings is 1. The summed E-state index contributed by atoms with van der Waals surface area (Å²) < 4.78 is 0. The lowest BCUT2D eigenvalue weighted by Crippen LogP contribution is -1.81. The van der Waals surface area contributed by atoms with Gasteiger partial charge in [-0.25, -0.2) is 0 Å². The van der Waals surface area contributed by atoms with Crippen molar-refractivity contribution in [3.8, 4) is 0 Å². The lowest BCUT2D eigenvalue weighted by atomic mass is 10.1. The predicted molar refractivity (Wildman–Crippen MR) is 52.8 cm³/mol. The minimum Gasteiger partial charge on any atom is -0.152 e. The van der Waals surface area contributed by atoms with Crippen molar-refractivity contribution in [1.29, 1.82) is 0 Å². The fourth-order valence-corrected chi connectivity index (χ4v) is 1.80. The average Bonchev–Trinajstić information content (AvgIpc) is 2.35. The molecule has 1 aromatic rings. The molecule has 0 aliphatic heterocycles. The monoisotopic (exact) mass is 166 g/mol. The Morgan fingerprint density at radius 2 is 2.27 bits per heavy atom. The Morgan fingerprint density at radius 1 is 1.55 bits per heavy atom. The topological polar surface area (TPSA) is 0 Å². The number of hydrogen-bond donors (Lipinski definition) is 0. The van der Waals surface area contributed by atoms with Crippen LogP contribution >= 0.6 is 11.3 Å². The summed E-state index contributed by atoms with van der Waals surface area (Å²) in [6, 6.07) is 2.17. The van der Waals surface area contributed by atoms with E-state index in [0.29, 0.717) is 5.92 Å². The van der Waals surface area contributed by atoms with E-state index in [2.05, 4.69) is 43.7 Å². The normalized spacial score (nSPS) is 12.5. The quantitative estimate of drug-likeness (QED) is 0.626. The molecule has 0 spiro atoms. The molecule has 1 heterocycles. The molecule has 0 bridgehead atoms. The first kappa shape index (κ1) is 8.54. The van der Waals surface area contributed by atoms with Gasteiger partial charge in [-0.1, -0.05) is 19.9 Å². The summed E-state index contributed by atoms with van der Waals surface area (Å²) in [6.07, 6.45) is 2.29. The Hall–Kier alpha value is -0.560. The first-order valence-electron chi connectivity index (χ1n) is 3.91. The Bertz CT molecular complexity index is 229. The van der Waals surface area contributed by atoms with Gasteiger partial charge in [0.1, 0.15) is 0 Å². The van der Waals surface area contributed by atoms with Gasteiger partial charge < -0.3 is 0 Å². The van der Waals surface area contributed by atoms with E-state index in [4.69, 9.17) is 0 Å². The fraction of sp³-hybridized carbons (Fsp3) is 0.400. The molecule has 0 aliphatic rings. The van der Waals surface area contributed by atoms with Crippen molar-refractivity contribution in [2.24, 2.45) is 5.92 Å². The molecular formula is C10H14S. The number of hydrogen-bond acceptors (Lipinski definition) is 1. The van der Waals surface area contributed by atoms with E-state index >= 15 is 0 Å². The largest absolute Gasteiger partial charge is 0.152 e. The molecule has 1 heteroatoms. The smallest absolute Gasteiger partial charge is 0.00182 e. The van der Waals surface area contributed by atoms with Gasteiger partial charge in [-0.15, -0.1) is 0 Å². The third-order valence-electron chi connectivity index (χ3n) is 1.56. The predicted octanol–water partition coefficient (Wildman–Crippen LogP) is 3.81. The molecule has 0 aliphatic carbocycles. The van der Waals surface area contributed by atoms with Crippen molar-refractivity contribution in [2.45, 2.75) is 20.8 Å². The van der Waals surface area contributed by atoms with E-state index in [9.17, 15) is 0 Å². The zero-order valence-corrected chi connectivity index (χ0v) is 8.11. The molecule has 0 saturated heterocycles. The van der Waals surface area contributed by atoms with Crippen LogP contribution in [-0.2, 0) is 0 Å². The molecule has 0 radical (unpaired) electrons. The van der Waals surface area contributed by atoms with Gasteiger partial charge in [0.05, 0.1) is 0 Å². The molecule has 0 N–H and O–H groups in total. The van der Waals surface area contributed by atoms with Gasteiger partial charge in [0, 0.05) is 0 Å². The standard InChI is InChI=1S/C10H14S/c1-8(2)6-9(3)10-4-5-11-7-10/h4-8H,1-3H3/b9-6-. The minimum atomic E-state index is 0.648. The van der Waals surface area contributed by atoms with E-state index in [0.717, 1.165) is 0 Å². The van der Waals surface area contributed by atoms with Gasteiger partial charge in [-0.3, -0.25) is 0 Å². The van der Waals surface area contributed by atoms with Crippen molar-refractivity contribution in [3.05, 3.63) is 28.5 Å². The van der Waals surface area contributed by atoms with E-state index < -0.39 is 0 Å². The lowest BCUT2D eigenvalue weighted by molar-refractivity contribution is 0.833. The van der Waals surface area contributed by atoms with Crippen molar-refractivity contribution in [3.63, 3.8) is 0 Å². The highest BCUT2D eigenvalue weighted by Crippen LogP contribution is 2.18. The third-order valence-corrected chi connectivity index (χ3v) is 2.24. The third kappa shape index (κ3) is 2.51. The molecule has 0 atom stereocenters. The van der Waals surface area contributed by atoms with E-state index in [1.165, 1.54) is 11.1 Å². The van der Waals surface area contributed by atoms with Crippen LogP contribution in [0.4, 0.5) is 0 Å². The molecule has 0 amide bonds. The van der Waals surface area contributed by atoms with Crippen molar-refractivity contribution < 1.29 is 0 Å². The highest BCUT2D eigenvalue weighted by Gasteiger charge is 1.95. The Labute approximate surface area is 72.6 Å². The van der Waals surface area contributed by atoms with Crippen LogP contribution in [0.1, 0.15) is 26.3 Å². The fourth-order valence-electron chi connectivity index (χ4n) is 1.09. The van der Waals surface area contributed by atoms with Crippen LogP contribution in [0.2, 0.25) is 0 Å². The average molecular weight is 166 g/mol. The molecular weight excluding hydrogens is 152 g/mol. The number of rotatable bonds is 2. The first-order valence-corrected chi connectivity index (χ1v) is 4.85. The van der Waals surface area contributed by atoms with Gasteiger partial charge in [-0.05, 0) is 40.8 Å². The maximum Gasteiger partial charge on any atom is -0.00182 e. The summed E-state index contributed by atoms with van der Waals surface area (Å²) in [7, 11) is 0. The summed E-state index contributed by atoms with van der Waals surface area (Å²) in [5.41, 5.74) is 2.75. The number of allylic oxidation sites excluding steroid dienone is 2. The van der Waals surface area contributed by atoms with Crippen molar-refractivity contribution in [1.82, 2.24) is 0 Å². The second kappa shape index (κ2) is 3.72. The van der Waals surface area contributed by atoms with Crippen LogP contribution in [0, 0.1) is 5.92 Å². The van der Waals surface area contributed by atoms with Gasteiger partial charge in [0.25, 0.3) is 0 Å². The van der Waals surface area contributed by atoms with Gasteiger partial charge in [0.2, 0.25) is 0 Å². The molecule has 0 saturated carbocycles. The van der Waals surface area contributed by atoms with Crippen LogP contribution in [0.15, 0.2) is 22.9 Å². The van der Waals surface area contributed by atoms with Gasteiger partial charge >= 0.3 is 0 Å². The summed E-state index contributed by atoms with van der Waals surface area (Å²) in [6.45, 7) is 6.58. The molecule has 0 fully saturated rings. The summed E-state index contributed by atoms with van der Waals surface area (Å²) in [5.74, 6) is 0.648. The van der Waals surface area contributed by atoms with Crippen LogP contribution in [-0.4, -0.2) is 0 Å². The Balaban J connectivity index is 2.77. The second-order valence-corrected chi connectivity index (χ2v) is 3.89. The lowest BCUT2D eigenvalue weighted by Gasteiger charge is -1.99. The van der Waals surface area contributed by atoms with E-state index in [-0.39, 0.29) is 0 Å². The van der Waals surface area contributed by atoms with Gasteiger partial charge in [-0.2, -0.15) is 11.3 Å². The van der Waals surface area contributed by atoms with E-state index in [1.807, 2.05) is 0 Å². The van der Waals surface area contributed by atoms with Crippen LogP contribution in [0.25, 0.3) is 5.57 Å². The zero-order valence-electron chi connectivity index (χ0n) is 7.29. The molecule has 11 heavy (non-hydrogen) atoms. The van der Waals surface area contributed by atoms with Crippen molar-refractivity contribution >= 4 is 16.9 Å². The molecule has 1 aromatic heterocycles. The molecule has 0 unspecified atom stereocenters. The molecule has 1 rings (SSSR count). The van der Waals surface area contributed by atoms with Crippen LogP contribution in [0.5, 0.6) is 0 Å². The summed E-state index contributed by atoms with van der Waals surface area (Å²) in [5, 5.41) is 4.31. The Kier molecular flexibility index (Phi) is 2.89. The zero-order chi connectivity index (χ0) is 8.27. The van der Waals surface area contributed by atoms with Crippen molar-refractivity contribution in [2.75, 3.05) is 0 Å². The Morgan fingerprint density at radius 3 is 2.73 bits per heavy atom. The second-order valence-electron chi connectivity index (χ2n) is 3.11. The van der Waals surface area contributed by atoms with E-state index in [1.54, 1.807) is 11.3 Å². The molecule has 0 aromatic carbocycles. The highest BCUT2D eigenvalue weighted by molar-refractivity contribution is 7.08. The maximum absolute atomic E-state index is 2.29.